The van der Waals surface area contributed by atoms with Crippen molar-refractivity contribution in [3.8, 4) is 5.88 Å². The second kappa shape index (κ2) is 10.4. The molecule has 0 bridgehead atoms. The lowest BCUT2D eigenvalue weighted by Crippen LogP contribution is -2.50. The number of amides is 1. The van der Waals surface area contributed by atoms with Crippen LogP contribution in [0, 0.1) is 5.82 Å². The predicted octanol–water partition coefficient (Wildman–Crippen LogP) is 2.03. The van der Waals surface area contributed by atoms with Crippen molar-refractivity contribution in [3.05, 3.63) is 58.5 Å². The third kappa shape index (κ3) is 7.42. The lowest BCUT2D eigenvalue weighted by Gasteiger charge is -2.34. The topological polar surface area (TPSA) is 100 Å². The fourth-order valence-corrected chi connectivity index (χ4v) is 4.06. The molecule has 0 spiro atoms. The summed E-state index contributed by atoms with van der Waals surface area (Å²) in [6.45, 7) is 3.01. The molecule has 1 fully saturated rings. The quantitative estimate of drug-likeness (QED) is 0.588. The van der Waals surface area contributed by atoms with Crippen LogP contribution in [0.2, 0.25) is 5.02 Å². The maximum Gasteiger partial charge on any atom is 0.269 e. The maximum absolute atomic E-state index is 13.0. The molecular weight excluding hydrogens is 449 g/mol. The summed E-state index contributed by atoms with van der Waals surface area (Å²) >= 11 is 5.82. The molecule has 1 aliphatic heterocycles. The molecule has 1 aromatic carbocycles. The van der Waals surface area contributed by atoms with E-state index in [0.717, 1.165) is 18.5 Å². The van der Waals surface area contributed by atoms with Gasteiger partial charge in [-0.1, -0.05) is 23.7 Å². The van der Waals surface area contributed by atoms with Gasteiger partial charge in [0.15, 0.2) is 6.61 Å². The van der Waals surface area contributed by atoms with Gasteiger partial charge in [0.25, 0.3) is 16.0 Å². The minimum atomic E-state index is -4.31. The third-order valence-corrected chi connectivity index (χ3v) is 5.80. The van der Waals surface area contributed by atoms with Gasteiger partial charge in [0.1, 0.15) is 11.6 Å². The number of carbonyl (C=O) groups excluding carboxylic acids is 1. The molecule has 0 saturated carbocycles. The average Bonchev–Trinajstić information content (AvgIpc) is 2.72. The second-order valence-corrected chi connectivity index (χ2v) is 9.12. The van der Waals surface area contributed by atoms with Crippen molar-refractivity contribution in [2.24, 2.45) is 0 Å². The lowest BCUT2D eigenvalue weighted by molar-refractivity contribution is -0.135. The molecule has 1 amide bonds. The zero-order valence-corrected chi connectivity index (χ0v) is 18.3. The summed E-state index contributed by atoms with van der Waals surface area (Å²) in [5.74, 6) is -1.27. The van der Waals surface area contributed by atoms with Crippen LogP contribution in [-0.4, -0.2) is 73.0 Å². The van der Waals surface area contributed by atoms with E-state index in [1.807, 2.05) is 0 Å². The van der Waals surface area contributed by atoms with Crippen LogP contribution in [0.25, 0.3) is 0 Å². The number of hydrogen-bond donors (Lipinski definition) is 1. The van der Waals surface area contributed by atoms with Gasteiger partial charge in [-0.15, -0.1) is 0 Å². The van der Waals surface area contributed by atoms with Crippen molar-refractivity contribution in [2.75, 3.05) is 39.3 Å². The first-order chi connectivity index (χ1) is 14.7. The van der Waals surface area contributed by atoms with Crippen LogP contribution in [0.15, 0.2) is 36.5 Å². The number of hydrogen-bond acceptors (Lipinski definition) is 6. The van der Waals surface area contributed by atoms with E-state index in [4.69, 9.17) is 20.9 Å². The first-order valence-corrected chi connectivity index (χ1v) is 11.7. The van der Waals surface area contributed by atoms with Crippen molar-refractivity contribution in [1.29, 1.82) is 0 Å². The SMILES string of the molecule is O=C(COc1ncc(Cl)cc1CS(=O)(=O)O)N1CCN(CCc2ccc(F)cc2)CC1. The van der Waals surface area contributed by atoms with Gasteiger partial charge in [0, 0.05) is 44.5 Å². The number of pyridine rings is 1. The Kier molecular flexibility index (Phi) is 7.82. The Morgan fingerprint density at radius 3 is 2.52 bits per heavy atom. The molecule has 1 aliphatic rings. The number of carbonyl (C=O) groups is 1. The van der Waals surface area contributed by atoms with Crippen LogP contribution >= 0.6 is 11.6 Å². The number of halogens is 2. The van der Waals surface area contributed by atoms with Crippen LogP contribution in [0.1, 0.15) is 11.1 Å². The van der Waals surface area contributed by atoms with Crippen molar-refractivity contribution in [2.45, 2.75) is 12.2 Å². The summed E-state index contributed by atoms with van der Waals surface area (Å²) in [5, 5.41) is 0.189. The fourth-order valence-electron chi connectivity index (χ4n) is 3.28. The third-order valence-electron chi connectivity index (χ3n) is 4.92. The zero-order chi connectivity index (χ0) is 22.4. The van der Waals surface area contributed by atoms with Crippen LogP contribution in [0.3, 0.4) is 0 Å². The van der Waals surface area contributed by atoms with E-state index in [1.54, 1.807) is 17.0 Å². The Hall–Kier alpha value is -2.27. The molecule has 0 atom stereocenters. The first-order valence-electron chi connectivity index (χ1n) is 9.66. The predicted molar refractivity (Wildman–Crippen MR) is 113 cm³/mol. The largest absolute Gasteiger partial charge is 0.467 e. The second-order valence-electron chi connectivity index (χ2n) is 7.23. The number of benzene rings is 1. The lowest BCUT2D eigenvalue weighted by atomic mass is 10.1. The number of piperazine rings is 1. The van der Waals surface area contributed by atoms with Crippen LogP contribution in [-0.2, 0) is 27.1 Å². The molecule has 11 heteroatoms. The zero-order valence-electron chi connectivity index (χ0n) is 16.7. The molecule has 1 aromatic heterocycles. The Labute approximate surface area is 185 Å². The normalized spacial score (nSPS) is 15.1. The van der Waals surface area contributed by atoms with Gasteiger partial charge in [-0.05, 0) is 30.2 Å². The number of nitrogens with zero attached hydrogens (tertiary/aromatic N) is 3. The maximum atomic E-state index is 13.0. The summed E-state index contributed by atoms with van der Waals surface area (Å²) in [6, 6.07) is 7.76. The Morgan fingerprint density at radius 2 is 1.87 bits per heavy atom. The summed E-state index contributed by atoms with van der Waals surface area (Å²) in [4.78, 5) is 20.3. The first kappa shape index (κ1) is 23.4. The summed E-state index contributed by atoms with van der Waals surface area (Å²) in [6.07, 6.45) is 2.07. The highest BCUT2D eigenvalue weighted by Gasteiger charge is 2.22. The van der Waals surface area contributed by atoms with Gasteiger partial charge < -0.3 is 9.64 Å². The van der Waals surface area contributed by atoms with Gasteiger partial charge >= 0.3 is 0 Å². The molecule has 0 unspecified atom stereocenters. The fraction of sp³-hybridized carbons (Fsp3) is 0.400. The molecule has 8 nitrogen and oxygen atoms in total. The van der Waals surface area contributed by atoms with Gasteiger partial charge in [-0.2, -0.15) is 8.42 Å². The van der Waals surface area contributed by atoms with Gasteiger partial charge in [0.2, 0.25) is 5.88 Å². The average molecular weight is 472 g/mol. The minimum absolute atomic E-state index is 0.0618. The van der Waals surface area contributed by atoms with Crippen LogP contribution in [0.5, 0.6) is 5.88 Å². The number of aromatic nitrogens is 1. The van der Waals surface area contributed by atoms with Gasteiger partial charge in [0.05, 0.1) is 5.02 Å². The Balaban J connectivity index is 1.46. The highest BCUT2D eigenvalue weighted by atomic mass is 35.5. The van der Waals surface area contributed by atoms with E-state index in [2.05, 4.69) is 9.88 Å². The number of rotatable bonds is 8. The van der Waals surface area contributed by atoms with Crippen molar-refractivity contribution < 1.29 is 26.9 Å². The van der Waals surface area contributed by atoms with Crippen molar-refractivity contribution >= 4 is 27.6 Å². The molecule has 1 N–H and O–H groups in total. The molecule has 2 heterocycles. The molecule has 1 saturated heterocycles. The van der Waals surface area contributed by atoms with E-state index in [-0.39, 0.29) is 34.8 Å². The molecule has 2 aromatic rings. The molecular formula is C20H23ClFN3O5S. The minimum Gasteiger partial charge on any atom is -0.467 e. The van der Waals surface area contributed by atoms with E-state index in [9.17, 15) is 17.6 Å². The molecule has 0 radical (unpaired) electrons. The monoisotopic (exact) mass is 471 g/mol. The van der Waals surface area contributed by atoms with E-state index in [0.29, 0.717) is 26.2 Å². The van der Waals surface area contributed by atoms with E-state index < -0.39 is 15.9 Å². The van der Waals surface area contributed by atoms with Gasteiger partial charge in [-0.3, -0.25) is 14.2 Å². The van der Waals surface area contributed by atoms with Crippen molar-refractivity contribution in [1.82, 2.24) is 14.8 Å². The Bertz CT molecular complexity index is 1010. The molecule has 31 heavy (non-hydrogen) atoms. The van der Waals surface area contributed by atoms with Crippen LogP contribution < -0.4 is 4.74 Å². The van der Waals surface area contributed by atoms with E-state index in [1.165, 1.54) is 24.4 Å². The number of ether oxygens (including phenoxy) is 1. The van der Waals surface area contributed by atoms with Gasteiger partial charge in [-0.25, -0.2) is 9.37 Å². The smallest absolute Gasteiger partial charge is 0.269 e. The molecule has 3 rings (SSSR count). The summed E-state index contributed by atoms with van der Waals surface area (Å²) < 4.78 is 49.8. The highest BCUT2D eigenvalue weighted by molar-refractivity contribution is 7.85. The molecule has 168 valence electrons. The van der Waals surface area contributed by atoms with E-state index >= 15 is 0 Å². The van der Waals surface area contributed by atoms with Crippen molar-refractivity contribution in [3.63, 3.8) is 0 Å². The standard InChI is InChI=1S/C20H23ClFN3O5S/c21-17-11-16(14-31(27,28)29)20(23-12-17)30-13-19(26)25-9-7-24(8-10-25)6-5-15-1-3-18(22)4-2-15/h1-4,11-12H,5-10,13-14H2,(H,27,28,29). The summed E-state index contributed by atoms with van der Waals surface area (Å²) in [5.41, 5.74) is 1.14. The summed E-state index contributed by atoms with van der Waals surface area (Å²) in [7, 11) is -4.31. The molecule has 0 aliphatic carbocycles. The highest BCUT2D eigenvalue weighted by Crippen LogP contribution is 2.22. The van der Waals surface area contributed by atoms with Crippen LogP contribution in [0.4, 0.5) is 4.39 Å². The Morgan fingerprint density at radius 1 is 1.19 bits per heavy atom.